The molecule has 0 radical (unpaired) electrons. The normalized spacial score (nSPS) is 41.3. The van der Waals surface area contributed by atoms with Gasteiger partial charge in [-0.3, -0.25) is 9.80 Å². The second-order valence-corrected chi connectivity index (χ2v) is 6.02. The maximum atomic E-state index is 10.1. The summed E-state index contributed by atoms with van der Waals surface area (Å²) in [5.74, 6) is 0. The van der Waals surface area contributed by atoms with Crippen LogP contribution in [-0.4, -0.2) is 71.5 Å². The number of ether oxygens (including phenoxy) is 1. The Morgan fingerprint density at radius 1 is 1.35 bits per heavy atom. The van der Waals surface area contributed by atoms with E-state index >= 15 is 0 Å². The molecule has 2 aliphatic rings. The second kappa shape index (κ2) is 4.84. The molecule has 0 amide bonds. The lowest BCUT2D eigenvalue weighted by Gasteiger charge is -2.49. The smallest absolute Gasteiger partial charge is 0.0976 e. The van der Waals surface area contributed by atoms with Gasteiger partial charge in [-0.05, 0) is 27.7 Å². The van der Waals surface area contributed by atoms with Gasteiger partial charge in [0.15, 0.2) is 0 Å². The number of hydrogen-bond donors (Lipinski definition) is 1. The van der Waals surface area contributed by atoms with E-state index in [0.717, 1.165) is 19.6 Å². The van der Waals surface area contributed by atoms with E-state index < -0.39 is 0 Å². The van der Waals surface area contributed by atoms with E-state index in [4.69, 9.17) is 4.74 Å². The molecule has 0 aromatic rings. The molecule has 0 saturated carbocycles. The monoisotopic (exact) mass is 242 g/mol. The van der Waals surface area contributed by atoms with Gasteiger partial charge in [0.1, 0.15) is 0 Å². The molecule has 2 fully saturated rings. The molecule has 2 saturated heterocycles. The van der Waals surface area contributed by atoms with Crippen molar-refractivity contribution >= 4 is 0 Å². The van der Waals surface area contributed by atoms with Gasteiger partial charge < -0.3 is 9.84 Å². The molecular formula is C13H26N2O2. The minimum atomic E-state index is -0.351. The molecule has 0 aliphatic carbocycles. The Labute approximate surface area is 105 Å². The van der Waals surface area contributed by atoms with Crippen molar-refractivity contribution in [2.45, 2.75) is 51.4 Å². The molecule has 0 spiro atoms. The van der Waals surface area contributed by atoms with Gasteiger partial charge in [0.25, 0.3) is 0 Å². The average molecular weight is 242 g/mol. The van der Waals surface area contributed by atoms with Crippen molar-refractivity contribution in [2.75, 3.05) is 32.8 Å². The number of aliphatic hydroxyl groups is 1. The number of aliphatic hydroxyl groups excluding tert-OH is 1. The topological polar surface area (TPSA) is 35.9 Å². The predicted molar refractivity (Wildman–Crippen MR) is 68.1 cm³/mol. The molecule has 17 heavy (non-hydrogen) atoms. The van der Waals surface area contributed by atoms with Crippen molar-refractivity contribution in [3.63, 3.8) is 0 Å². The molecule has 4 heteroatoms. The zero-order valence-electron chi connectivity index (χ0n) is 11.5. The van der Waals surface area contributed by atoms with Crippen molar-refractivity contribution in [3.8, 4) is 0 Å². The van der Waals surface area contributed by atoms with Crippen molar-refractivity contribution in [1.82, 2.24) is 9.80 Å². The molecule has 2 heterocycles. The van der Waals surface area contributed by atoms with Crippen LogP contribution in [0.2, 0.25) is 0 Å². The third-order valence-corrected chi connectivity index (χ3v) is 4.43. The zero-order valence-corrected chi connectivity index (χ0v) is 11.5. The average Bonchev–Trinajstić information content (AvgIpc) is 2.59. The molecule has 3 atom stereocenters. The summed E-state index contributed by atoms with van der Waals surface area (Å²) in [6.07, 6.45) is -0.351. The van der Waals surface area contributed by atoms with Crippen LogP contribution in [0.25, 0.3) is 0 Å². The fourth-order valence-electron chi connectivity index (χ4n) is 3.14. The van der Waals surface area contributed by atoms with Crippen LogP contribution in [0.4, 0.5) is 0 Å². The number of rotatable bonds is 2. The van der Waals surface area contributed by atoms with E-state index in [0.29, 0.717) is 25.3 Å². The first-order valence-electron chi connectivity index (χ1n) is 6.72. The number of piperazine rings is 1. The molecule has 0 bridgehead atoms. The first kappa shape index (κ1) is 13.3. The Hall–Kier alpha value is -0.160. The Balaban J connectivity index is 2.04. The summed E-state index contributed by atoms with van der Waals surface area (Å²) in [6, 6.07) is 1.09. The third-order valence-electron chi connectivity index (χ3n) is 4.43. The summed E-state index contributed by atoms with van der Waals surface area (Å²) in [7, 11) is 0. The van der Waals surface area contributed by atoms with Crippen LogP contribution in [0, 0.1) is 0 Å². The van der Waals surface area contributed by atoms with Crippen molar-refractivity contribution in [2.24, 2.45) is 0 Å². The highest BCUT2D eigenvalue weighted by Gasteiger charge is 2.46. The largest absolute Gasteiger partial charge is 0.389 e. The first-order chi connectivity index (χ1) is 7.95. The quantitative estimate of drug-likeness (QED) is 0.767. The lowest BCUT2D eigenvalue weighted by molar-refractivity contribution is -0.0506. The van der Waals surface area contributed by atoms with E-state index in [2.05, 4.69) is 37.5 Å². The summed E-state index contributed by atoms with van der Waals surface area (Å²) in [5.41, 5.74) is -0.192. The van der Waals surface area contributed by atoms with Gasteiger partial charge in [-0.1, -0.05) is 0 Å². The van der Waals surface area contributed by atoms with Crippen molar-refractivity contribution < 1.29 is 9.84 Å². The molecule has 2 rings (SSSR count). The van der Waals surface area contributed by atoms with E-state index in [1.165, 1.54) is 0 Å². The van der Waals surface area contributed by atoms with Gasteiger partial charge in [0, 0.05) is 31.7 Å². The lowest BCUT2D eigenvalue weighted by Crippen LogP contribution is -2.64. The fraction of sp³-hybridized carbons (Fsp3) is 1.00. The van der Waals surface area contributed by atoms with Gasteiger partial charge in [-0.15, -0.1) is 0 Å². The summed E-state index contributed by atoms with van der Waals surface area (Å²) in [5, 5.41) is 10.1. The molecule has 100 valence electrons. The van der Waals surface area contributed by atoms with Crippen LogP contribution in [0.3, 0.4) is 0 Å². The summed E-state index contributed by atoms with van der Waals surface area (Å²) in [4.78, 5) is 4.94. The van der Waals surface area contributed by atoms with Crippen LogP contribution < -0.4 is 0 Å². The minimum absolute atomic E-state index is 0.192. The van der Waals surface area contributed by atoms with Crippen molar-refractivity contribution in [3.05, 3.63) is 0 Å². The Bertz CT molecular complexity index is 272. The van der Waals surface area contributed by atoms with Crippen LogP contribution in [0.1, 0.15) is 27.7 Å². The molecule has 0 aromatic carbocycles. The van der Waals surface area contributed by atoms with Gasteiger partial charge in [0.05, 0.1) is 24.9 Å². The zero-order chi connectivity index (χ0) is 12.6. The maximum Gasteiger partial charge on any atom is 0.0976 e. The van der Waals surface area contributed by atoms with Gasteiger partial charge in [-0.2, -0.15) is 0 Å². The summed E-state index contributed by atoms with van der Waals surface area (Å²) < 4.78 is 5.44. The van der Waals surface area contributed by atoms with Gasteiger partial charge >= 0.3 is 0 Å². The van der Waals surface area contributed by atoms with E-state index in [9.17, 15) is 5.11 Å². The number of nitrogens with zero attached hydrogens (tertiary/aromatic N) is 2. The highest BCUT2D eigenvalue weighted by Crippen LogP contribution is 2.30. The second-order valence-electron chi connectivity index (χ2n) is 6.02. The molecule has 0 unspecified atom stereocenters. The van der Waals surface area contributed by atoms with Crippen LogP contribution in [0.15, 0.2) is 0 Å². The minimum Gasteiger partial charge on any atom is -0.389 e. The third kappa shape index (κ3) is 2.36. The Morgan fingerprint density at radius 3 is 2.53 bits per heavy atom. The molecule has 0 aromatic heterocycles. The van der Waals surface area contributed by atoms with Crippen LogP contribution in [0.5, 0.6) is 0 Å². The Kier molecular flexibility index (Phi) is 3.78. The van der Waals surface area contributed by atoms with Crippen molar-refractivity contribution in [1.29, 1.82) is 0 Å². The predicted octanol–water partition coefficient (Wildman–Crippen LogP) is 0.551. The van der Waals surface area contributed by atoms with Crippen LogP contribution >= 0.6 is 0 Å². The van der Waals surface area contributed by atoms with Gasteiger partial charge in [-0.25, -0.2) is 0 Å². The van der Waals surface area contributed by atoms with Crippen LogP contribution in [-0.2, 0) is 4.74 Å². The lowest BCUT2D eigenvalue weighted by atomic mass is 9.92. The molecule has 2 aliphatic heterocycles. The highest BCUT2D eigenvalue weighted by atomic mass is 16.5. The molecular weight excluding hydrogens is 216 g/mol. The standard InChI is InChI=1S/C13H26N2O2/c1-10(2)14-5-6-15(11(3)7-14)13(4)9-17-8-12(13)16/h10-12,16H,5-9H2,1-4H3/t11-,12-,13+/m1/s1. The fourth-order valence-corrected chi connectivity index (χ4v) is 3.14. The SMILES string of the molecule is CC(C)N1CCN([C@@]2(C)COC[C@H]2O)[C@H](C)C1. The van der Waals surface area contributed by atoms with Gasteiger partial charge in [0.2, 0.25) is 0 Å². The van der Waals surface area contributed by atoms with E-state index in [1.807, 2.05) is 0 Å². The van der Waals surface area contributed by atoms with E-state index in [-0.39, 0.29) is 11.6 Å². The van der Waals surface area contributed by atoms with E-state index in [1.54, 1.807) is 0 Å². The summed E-state index contributed by atoms with van der Waals surface area (Å²) >= 11 is 0. The number of hydrogen-bond acceptors (Lipinski definition) is 4. The molecule has 4 nitrogen and oxygen atoms in total. The summed E-state index contributed by atoms with van der Waals surface area (Å²) in [6.45, 7) is 13.2. The molecule has 1 N–H and O–H groups in total. The highest BCUT2D eigenvalue weighted by molar-refractivity contribution is 5.01. The Morgan fingerprint density at radius 2 is 2.06 bits per heavy atom. The maximum absolute atomic E-state index is 10.1. The first-order valence-corrected chi connectivity index (χ1v) is 6.72.